The molecular weight excluding hydrogens is 284 g/mol. The minimum absolute atomic E-state index is 0.282. The van der Waals surface area contributed by atoms with Crippen LogP contribution in [-0.4, -0.2) is 11.0 Å². The second kappa shape index (κ2) is 5.58. The minimum Gasteiger partial charge on any atom is -0.301 e. The summed E-state index contributed by atoms with van der Waals surface area (Å²) in [4.78, 5) is 7.69. The van der Waals surface area contributed by atoms with Gasteiger partial charge in [-0.15, -0.1) is 22.7 Å². The second-order valence-corrected chi connectivity index (χ2v) is 8.36. The lowest BCUT2D eigenvalue weighted by Crippen LogP contribution is -2.24. The third-order valence-electron chi connectivity index (χ3n) is 3.75. The molecule has 0 bridgehead atoms. The van der Waals surface area contributed by atoms with Crippen molar-refractivity contribution in [3.63, 3.8) is 0 Å². The van der Waals surface area contributed by atoms with E-state index < -0.39 is 0 Å². The first-order valence-corrected chi connectivity index (χ1v) is 9.02. The summed E-state index contributed by atoms with van der Waals surface area (Å²) in [7, 11) is 0. The molecule has 1 atom stereocenters. The van der Waals surface area contributed by atoms with E-state index in [0.717, 1.165) is 0 Å². The molecule has 1 fully saturated rings. The Kier molecular flexibility index (Phi) is 3.98. The zero-order chi connectivity index (χ0) is 14.3. The Balaban J connectivity index is 1.94. The molecule has 0 aliphatic heterocycles. The highest BCUT2D eigenvalue weighted by Crippen LogP contribution is 2.35. The van der Waals surface area contributed by atoms with E-state index in [1.165, 1.54) is 38.9 Å². The maximum absolute atomic E-state index is 4.88. The van der Waals surface area contributed by atoms with E-state index in [2.05, 4.69) is 44.5 Å². The molecule has 0 radical (unpaired) electrons. The molecule has 1 saturated carbocycles. The van der Waals surface area contributed by atoms with Gasteiger partial charge in [-0.2, -0.15) is 0 Å². The zero-order valence-corrected chi connectivity index (χ0v) is 14.2. The fraction of sp³-hybridized carbons (Fsp3) is 0.562. The third kappa shape index (κ3) is 2.97. The molecule has 1 N–H and O–H groups in total. The van der Waals surface area contributed by atoms with Crippen molar-refractivity contribution in [2.45, 2.75) is 58.5 Å². The first kappa shape index (κ1) is 14.2. The molecule has 0 saturated heterocycles. The standard InChI is InChI=1S/C16H22N2S2/c1-9(2)14-8-19-16(18-14)15(17-12-5-6-12)13-7-10(3)20-11(13)4/h7-9,12,15,17H,5-6H2,1-4H3. The predicted octanol–water partition coefficient (Wildman–Crippen LogP) is 4.79. The summed E-state index contributed by atoms with van der Waals surface area (Å²) in [5.41, 5.74) is 2.64. The molecule has 2 aromatic heterocycles. The summed E-state index contributed by atoms with van der Waals surface area (Å²) >= 11 is 3.69. The molecule has 1 unspecified atom stereocenters. The monoisotopic (exact) mass is 306 g/mol. The highest BCUT2D eigenvalue weighted by Gasteiger charge is 2.29. The van der Waals surface area contributed by atoms with Gasteiger partial charge in [0.2, 0.25) is 0 Å². The van der Waals surface area contributed by atoms with Crippen LogP contribution in [0.1, 0.15) is 64.7 Å². The van der Waals surface area contributed by atoms with E-state index in [4.69, 9.17) is 4.98 Å². The van der Waals surface area contributed by atoms with Crippen molar-refractivity contribution >= 4 is 22.7 Å². The lowest BCUT2D eigenvalue weighted by atomic mass is 10.1. The molecule has 0 amide bonds. The SMILES string of the molecule is Cc1cc(C(NC2CC2)c2nc(C(C)C)cs2)c(C)s1. The van der Waals surface area contributed by atoms with Crippen molar-refractivity contribution in [3.8, 4) is 0 Å². The van der Waals surface area contributed by atoms with E-state index in [0.29, 0.717) is 12.0 Å². The van der Waals surface area contributed by atoms with Gasteiger partial charge >= 0.3 is 0 Å². The number of hydrogen-bond donors (Lipinski definition) is 1. The van der Waals surface area contributed by atoms with E-state index in [1.807, 2.05) is 11.3 Å². The Hall–Kier alpha value is -0.710. The third-order valence-corrected chi connectivity index (χ3v) is 5.66. The molecule has 3 rings (SSSR count). The molecule has 1 aliphatic carbocycles. The molecule has 0 aromatic carbocycles. The quantitative estimate of drug-likeness (QED) is 0.859. The van der Waals surface area contributed by atoms with Crippen LogP contribution in [0, 0.1) is 13.8 Å². The number of hydrogen-bond acceptors (Lipinski definition) is 4. The van der Waals surface area contributed by atoms with E-state index in [9.17, 15) is 0 Å². The first-order valence-electron chi connectivity index (χ1n) is 7.33. The van der Waals surface area contributed by atoms with Crippen LogP contribution in [0.15, 0.2) is 11.4 Å². The highest BCUT2D eigenvalue weighted by molar-refractivity contribution is 7.12. The molecule has 1 aliphatic rings. The number of thiophene rings is 1. The smallest absolute Gasteiger partial charge is 0.114 e. The number of nitrogens with one attached hydrogen (secondary N) is 1. The zero-order valence-electron chi connectivity index (χ0n) is 12.6. The summed E-state index contributed by atoms with van der Waals surface area (Å²) in [6, 6.07) is 3.30. The van der Waals surface area contributed by atoms with Crippen LogP contribution in [0.4, 0.5) is 0 Å². The minimum atomic E-state index is 0.282. The molecule has 2 aromatic rings. The van der Waals surface area contributed by atoms with Gasteiger partial charge in [-0.1, -0.05) is 13.8 Å². The number of aromatic nitrogens is 1. The predicted molar refractivity (Wildman–Crippen MR) is 88.0 cm³/mol. The summed E-state index contributed by atoms with van der Waals surface area (Å²) in [6.45, 7) is 8.84. The van der Waals surface area contributed by atoms with Gasteiger partial charge < -0.3 is 5.32 Å². The van der Waals surface area contributed by atoms with E-state index in [1.54, 1.807) is 11.3 Å². The van der Waals surface area contributed by atoms with Gasteiger partial charge in [-0.25, -0.2) is 4.98 Å². The Morgan fingerprint density at radius 1 is 1.30 bits per heavy atom. The fourth-order valence-electron chi connectivity index (χ4n) is 2.42. The number of thiazole rings is 1. The van der Waals surface area contributed by atoms with Gasteiger partial charge in [0.15, 0.2) is 0 Å². The fourth-order valence-corrected chi connectivity index (χ4v) is 4.43. The Morgan fingerprint density at radius 2 is 2.05 bits per heavy atom. The van der Waals surface area contributed by atoms with Crippen LogP contribution < -0.4 is 5.32 Å². The number of aryl methyl sites for hydroxylation is 2. The lowest BCUT2D eigenvalue weighted by molar-refractivity contribution is 0.594. The molecule has 108 valence electrons. The van der Waals surface area contributed by atoms with Crippen LogP contribution in [0.2, 0.25) is 0 Å². The van der Waals surface area contributed by atoms with Crippen LogP contribution in [0.25, 0.3) is 0 Å². The van der Waals surface area contributed by atoms with Crippen molar-refractivity contribution in [1.29, 1.82) is 0 Å². The van der Waals surface area contributed by atoms with Crippen LogP contribution >= 0.6 is 22.7 Å². The lowest BCUT2D eigenvalue weighted by Gasteiger charge is -2.16. The van der Waals surface area contributed by atoms with Crippen molar-refractivity contribution < 1.29 is 0 Å². The largest absolute Gasteiger partial charge is 0.301 e. The summed E-state index contributed by atoms with van der Waals surface area (Å²) in [5, 5.41) is 7.23. The summed E-state index contributed by atoms with van der Waals surface area (Å²) in [5.74, 6) is 0.506. The molecule has 2 heterocycles. The molecule has 20 heavy (non-hydrogen) atoms. The van der Waals surface area contributed by atoms with Crippen LogP contribution in [-0.2, 0) is 0 Å². The van der Waals surface area contributed by atoms with E-state index in [-0.39, 0.29) is 6.04 Å². The first-order chi connectivity index (χ1) is 9.54. The van der Waals surface area contributed by atoms with Gasteiger partial charge in [0.25, 0.3) is 0 Å². The summed E-state index contributed by atoms with van der Waals surface area (Å²) in [6.07, 6.45) is 2.61. The van der Waals surface area contributed by atoms with Crippen molar-refractivity contribution in [2.75, 3.05) is 0 Å². The van der Waals surface area contributed by atoms with E-state index >= 15 is 0 Å². The molecular formula is C16H22N2S2. The van der Waals surface area contributed by atoms with Crippen molar-refractivity contribution in [3.05, 3.63) is 37.5 Å². The molecule has 4 heteroatoms. The van der Waals surface area contributed by atoms with Crippen molar-refractivity contribution in [2.24, 2.45) is 0 Å². The second-order valence-electron chi connectivity index (χ2n) is 6.01. The maximum atomic E-state index is 4.88. The van der Waals surface area contributed by atoms with Gasteiger partial charge in [0.05, 0.1) is 11.7 Å². The number of nitrogens with zero attached hydrogens (tertiary/aromatic N) is 1. The summed E-state index contributed by atoms with van der Waals surface area (Å²) < 4.78 is 0. The van der Waals surface area contributed by atoms with Crippen LogP contribution in [0.5, 0.6) is 0 Å². The highest BCUT2D eigenvalue weighted by atomic mass is 32.1. The maximum Gasteiger partial charge on any atom is 0.114 e. The average Bonchev–Trinajstić information content (AvgIpc) is 2.95. The Bertz CT molecular complexity index is 593. The van der Waals surface area contributed by atoms with Gasteiger partial charge in [0, 0.05) is 21.2 Å². The van der Waals surface area contributed by atoms with Crippen LogP contribution in [0.3, 0.4) is 0 Å². The van der Waals surface area contributed by atoms with Gasteiger partial charge in [0.1, 0.15) is 5.01 Å². The van der Waals surface area contributed by atoms with Crippen molar-refractivity contribution in [1.82, 2.24) is 10.3 Å². The Morgan fingerprint density at radius 3 is 2.55 bits per heavy atom. The Labute approximate surface area is 129 Å². The normalized spacial score (nSPS) is 16.9. The molecule has 0 spiro atoms. The number of rotatable bonds is 5. The van der Waals surface area contributed by atoms with Gasteiger partial charge in [-0.05, 0) is 44.2 Å². The molecule has 2 nitrogen and oxygen atoms in total. The topological polar surface area (TPSA) is 24.9 Å². The average molecular weight is 307 g/mol. The van der Waals surface area contributed by atoms with Gasteiger partial charge in [-0.3, -0.25) is 0 Å².